The van der Waals surface area contributed by atoms with Gasteiger partial charge in [0, 0.05) is 44.9 Å². The van der Waals surface area contributed by atoms with Crippen molar-refractivity contribution in [1.29, 1.82) is 0 Å². The molecule has 0 atom stereocenters. The normalized spacial score (nSPS) is 11.5. The summed E-state index contributed by atoms with van der Waals surface area (Å²) < 4.78 is 2.40. The van der Waals surface area contributed by atoms with Crippen molar-refractivity contribution in [2.24, 2.45) is 0 Å². The number of para-hydroxylation sites is 1. The van der Waals surface area contributed by atoms with Crippen molar-refractivity contribution in [3.8, 4) is 39.1 Å². The average Bonchev–Trinajstić information content (AvgIpc) is 3.70. The van der Waals surface area contributed by atoms with Crippen molar-refractivity contribution >= 4 is 103 Å². The first-order valence-corrected chi connectivity index (χ1v) is 25.1. The van der Waals surface area contributed by atoms with Crippen LogP contribution < -0.4 is 38.2 Å². The second-order valence-electron chi connectivity index (χ2n) is 19.2. The third-order valence-corrected chi connectivity index (χ3v) is 14.1. The monoisotopic (exact) mass is 905 g/mol. The molecule has 8 radical (unpaired) electrons. The Labute approximate surface area is 421 Å². The van der Waals surface area contributed by atoms with E-state index in [0.717, 1.165) is 76.3 Å². The van der Waals surface area contributed by atoms with Crippen LogP contribution in [-0.2, 0) is 12.8 Å². The van der Waals surface area contributed by atoms with E-state index in [4.69, 9.17) is 42.9 Å². The Kier molecular flexibility index (Phi) is 14.5. The number of aryl methyl sites for hydroxylation is 4. The maximum absolute atomic E-state index is 6.78. The fourth-order valence-corrected chi connectivity index (χ4v) is 10.4. The summed E-state index contributed by atoms with van der Waals surface area (Å²) >= 11 is 0. The number of nitrogens with zero attached hydrogens (tertiary/aromatic N) is 2. The first kappa shape index (κ1) is 48.3. The molecule has 0 spiro atoms. The van der Waals surface area contributed by atoms with Crippen molar-refractivity contribution in [3.05, 3.63) is 168 Å². The molecule has 9 aromatic rings. The molecule has 1 heterocycles. The van der Waals surface area contributed by atoms with E-state index in [0.29, 0.717) is 5.69 Å². The van der Waals surface area contributed by atoms with Gasteiger partial charge in [0.05, 0.1) is 11.0 Å². The Hall–Kier alpha value is -6.78. The van der Waals surface area contributed by atoms with E-state index in [9.17, 15) is 0 Å². The topological polar surface area (TPSA) is 60.2 Å². The highest BCUT2D eigenvalue weighted by Crippen LogP contribution is 2.41. The van der Waals surface area contributed by atoms with Crippen LogP contribution in [0.4, 0.5) is 28.4 Å². The van der Waals surface area contributed by atoms with Gasteiger partial charge in [0.15, 0.2) is 0 Å². The van der Waals surface area contributed by atoms with E-state index in [-0.39, 0.29) is 27.5 Å². The second kappa shape index (κ2) is 21.1. The first-order valence-electron chi connectivity index (χ1n) is 25.1. The summed E-state index contributed by atoms with van der Waals surface area (Å²) in [6.45, 7) is 8.73. The van der Waals surface area contributed by atoms with Crippen molar-refractivity contribution in [2.75, 3.05) is 16.4 Å². The zero-order chi connectivity index (χ0) is 49.1. The molecule has 340 valence electrons. The molecule has 0 amide bonds. The molecular weight excluding hydrogens is 844 g/mol. The van der Waals surface area contributed by atoms with Gasteiger partial charge in [0.25, 0.3) is 0 Å². The van der Waals surface area contributed by atoms with Crippen LogP contribution in [-0.4, -0.2) is 36.0 Å². The number of fused-ring (bicyclic) bond motifs is 3. The van der Waals surface area contributed by atoms with Crippen LogP contribution in [0.15, 0.2) is 146 Å². The largest absolute Gasteiger partial charge is 0.400 e. The van der Waals surface area contributed by atoms with Gasteiger partial charge in [-0.1, -0.05) is 153 Å². The van der Waals surface area contributed by atoms with Gasteiger partial charge in [-0.15, -0.1) is 0 Å². The predicted octanol–water partition coefficient (Wildman–Crippen LogP) is 12.5. The first-order chi connectivity index (χ1) is 33.9. The van der Waals surface area contributed by atoms with E-state index in [2.05, 4.69) is 171 Å². The van der Waals surface area contributed by atoms with Crippen molar-refractivity contribution in [2.45, 2.75) is 91.9 Å². The molecule has 8 aromatic carbocycles. The van der Waals surface area contributed by atoms with Gasteiger partial charge < -0.3 is 20.9 Å². The zero-order valence-corrected chi connectivity index (χ0v) is 41.3. The van der Waals surface area contributed by atoms with E-state index in [1.54, 1.807) is 0 Å². The SMILES string of the molecule is [B]c1c([B])c(N(c2ccc(-c3cc(CCCCCC)c(-c4ccc5c(c4)c4ccccc4n5-c4ccc(-c5ccc(N)cc5)cc4)cc3CCCCCC)cc2)c2cc(C)cc(C)c2)c([B])c([B])c1N. The summed E-state index contributed by atoms with van der Waals surface area (Å²) in [6, 6.07) is 53.0. The predicted molar refractivity (Wildman–Crippen MR) is 307 cm³/mol. The number of nitrogen functional groups attached to an aromatic ring is 2. The molecule has 0 saturated carbocycles. The van der Waals surface area contributed by atoms with Crippen LogP contribution in [0.1, 0.15) is 87.5 Å². The average molecular weight is 904 g/mol. The summed E-state index contributed by atoms with van der Waals surface area (Å²) in [5, 5.41) is 2.49. The highest BCUT2D eigenvalue weighted by atomic mass is 15.1. The van der Waals surface area contributed by atoms with Gasteiger partial charge in [-0.05, 0) is 162 Å². The molecule has 70 heavy (non-hydrogen) atoms. The number of hydrogen-bond acceptors (Lipinski definition) is 3. The molecule has 9 rings (SSSR count). The summed E-state index contributed by atoms with van der Waals surface area (Å²) in [6.07, 6.45) is 11.4. The molecule has 1 aromatic heterocycles. The van der Waals surface area contributed by atoms with E-state index in [1.165, 1.54) is 88.1 Å². The smallest absolute Gasteiger partial charge is 0.115 e. The Morgan fingerprint density at radius 1 is 0.457 bits per heavy atom. The number of hydrogen-bond donors (Lipinski definition) is 2. The Morgan fingerprint density at radius 2 is 0.971 bits per heavy atom. The molecule has 8 heteroatoms. The molecule has 0 saturated heterocycles. The standard InChI is InChI=1S/C62H60B4N4/c1-5-7-9-11-15-44-37-53(46-25-32-56-54(38-46)51-17-13-14-18-55(51)70(56)49-28-21-42(22-29-49)41-19-26-47(67)27-20-41)45(16-12-10-8-6-2)36-52(44)43-23-30-48(31-24-43)69(50-34-39(3)33-40(4)35-50)62-59(65)57(63)61(68)58(64)60(62)66/h13-14,17-38H,5-12,15-16,67-68H2,1-4H3. The Balaban J connectivity index is 1.16. The minimum Gasteiger partial charge on any atom is -0.400 e. The number of benzene rings is 8. The molecule has 0 fully saturated rings. The number of nitrogens with two attached hydrogens (primary N) is 2. The lowest BCUT2D eigenvalue weighted by molar-refractivity contribution is 0.664. The quantitative estimate of drug-likeness (QED) is 0.0544. The number of anilines is 5. The van der Waals surface area contributed by atoms with Gasteiger partial charge in [-0.2, -0.15) is 0 Å². The second-order valence-corrected chi connectivity index (χ2v) is 19.2. The van der Waals surface area contributed by atoms with Crippen molar-refractivity contribution < 1.29 is 0 Å². The van der Waals surface area contributed by atoms with E-state index < -0.39 is 0 Å². The van der Waals surface area contributed by atoms with Gasteiger partial charge in [0.2, 0.25) is 0 Å². The van der Waals surface area contributed by atoms with E-state index >= 15 is 0 Å². The van der Waals surface area contributed by atoms with Crippen LogP contribution in [0.3, 0.4) is 0 Å². The summed E-state index contributed by atoms with van der Waals surface area (Å²) in [7, 11) is 26.5. The third kappa shape index (κ3) is 9.71. The number of aromatic nitrogens is 1. The lowest BCUT2D eigenvalue weighted by atomic mass is 9.67. The molecule has 0 bridgehead atoms. The summed E-state index contributed by atoms with van der Waals surface area (Å²) in [4.78, 5) is 2.05. The van der Waals surface area contributed by atoms with Crippen LogP contribution >= 0.6 is 0 Å². The maximum Gasteiger partial charge on any atom is 0.115 e. The third-order valence-electron chi connectivity index (χ3n) is 14.1. The fourth-order valence-electron chi connectivity index (χ4n) is 10.4. The molecule has 0 aliphatic heterocycles. The lowest BCUT2D eigenvalue weighted by Gasteiger charge is -2.32. The highest BCUT2D eigenvalue weighted by molar-refractivity contribution is 6.62. The van der Waals surface area contributed by atoms with Crippen LogP contribution in [0.2, 0.25) is 0 Å². The fraction of sp³-hybridized carbons (Fsp3) is 0.226. The molecule has 4 N–H and O–H groups in total. The van der Waals surface area contributed by atoms with Crippen molar-refractivity contribution in [3.63, 3.8) is 0 Å². The Morgan fingerprint density at radius 3 is 1.56 bits per heavy atom. The highest BCUT2D eigenvalue weighted by Gasteiger charge is 2.22. The summed E-state index contributed by atoms with van der Waals surface area (Å²) in [5.41, 5.74) is 32.3. The minimum absolute atomic E-state index is 0.193. The van der Waals surface area contributed by atoms with Gasteiger partial charge in [-0.3, -0.25) is 0 Å². The number of unbranched alkanes of at least 4 members (excludes halogenated alkanes) is 6. The lowest BCUT2D eigenvalue weighted by Crippen LogP contribution is -2.46. The van der Waals surface area contributed by atoms with Crippen LogP contribution in [0.25, 0.3) is 60.9 Å². The minimum atomic E-state index is 0.193. The van der Waals surface area contributed by atoms with Gasteiger partial charge >= 0.3 is 0 Å². The number of rotatable bonds is 17. The van der Waals surface area contributed by atoms with Gasteiger partial charge in [-0.25, -0.2) is 0 Å². The molecular formula is C62H60B4N4. The van der Waals surface area contributed by atoms with Crippen LogP contribution in [0.5, 0.6) is 0 Å². The molecule has 4 nitrogen and oxygen atoms in total. The molecule has 0 aliphatic carbocycles. The molecule has 0 aliphatic rings. The van der Waals surface area contributed by atoms with Crippen molar-refractivity contribution in [1.82, 2.24) is 4.57 Å². The van der Waals surface area contributed by atoms with Crippen LogP contribution in [0, 0.1) is 13.8 Å². The Bertz CT molecular complexity index is 3270. The zero-order valence-electron chi connectivity index (χ0n) is 41.3. The van der Waals surface area contributed by atoms with E-state index in [1.807, 2.05) is 12.1 Å². The molecule has 0 unspecified atom stereocenters. The summed E-state index contributed by atoms with van der Waals surface area (Å²) in [5.74, 6) is 0. The van der Waals surface area contributed by atoms with Gasteiger partial charge in [0.1, 0.15) is 31.4 Å². The maximum atomic E-state index is 6.78.